The monoisotopic (exact) mass is 406 g/mol. The molecule has 2 N–H and O–H groups in total. The van der Waals surface area contributed by atoms with Crippen molar-refractivity contribution in [2.45, 2.75) is 32.7 Å². The molecule has 0 aliphatic heterocycles. The molecule has 2 aromatic carbocycles. The average Bonchev–Trinajstić information content (AvgIpc) is 3.26. The van der Waals surface area contributed by atoms with Crippen molar-refractivity contribution in [1.82, 2.24) is 25.4 Å². The summed E-state index contributed by atoms with van der Waals surface area (Å²) in [5, 5.41) is 15.0. The lowest BCUT2D eigenvalue weighted by Gasteiger charge is -2.15. The lowest BCUT2D eigenvalue weighted by atomic mass is 9.98. The van der Waals surface area contributed by atoms with Crippen LogP contribution in [-0.4, -0.2) is 40.9 Å². The number of guanidine groups is 1. The van der Waals surface area contributed by atoms with Gasteiger partial charge in [0, 0.05) is 18.8 Å². The number of nitrogens with one attached hydrogen (secondary N) is 2. The average molecular weight is 407 g/mol. The van der Waals surface area contributed by atoms with Gasteiger partial charge >= 0.3 is 0 Å². The van der Waals surface area contributed by atoms with Crippen LogP contribution in [0, 0.1) is 0 Å². The molecule has 3 aromatic rings. The molecule has 3 rings (SSSR count). The summed E-state index contributed by atoms with van der Waals surface area (Å²) in [5.41, 5.74) is 2.33. The third-order valence-corrected chi connectivity index (χ3v) is 4.93. The molecule has 0 saturated carbocycles. The summed E-state index contributed by atoms with van der Waals surface area (Å²) >= 11 is 0. The highest BCUT2D eigenvalue weighted by molar-refractivity contribution is 5.79. The lowest BCUT2D eigenvalue weighted by molar-refractivity contribution is 0.414. The first-order valence-corrected chi connectivity index (χ1v) is 10.3. The molecule has 1 heterocycles. The first-order chi connectivity index (χ1) is 14.7. The van der Waals surface area contributed by atoms with Gasteiger partial charge in [-0.05, 0) is 49.1 Å². The Morgan fingerprint density at radius 1 is 1.10 bits per heavy atom. The van der Waals surface area contributed by atoms with Gasteiger partial charge in [-0.2, -0.15) is 0 Å². The molecular weight excluding hydrogens is 376 g/mol. The third kappa shape index (κ3) is 5.83. The van der Waals surface area contributed by atoms with Crippen LogP contribution in [0.2, 0.25) is 0 Å². The summed E-state index contributed by atoms with van der Waals surface area (Å²) in [5.74, 6) is 2.90. The highest BCUT2D eigenvalue weighted by atomic mass is 16.5. The van der Waals surface area contributed by atoms with Gasteiger partial charge in [-0.1, -0.05) is 37.3 Å². The Morgan fingerprint density at radius 3 is 2.57 bits per heavy atom. The van der Waals surface area contributed by atoms with Crippen LogP contribution in [0.3, 0.4) is 0 Å². The predicted octanol–water partition coefficient (Wildman–Crippen LogP) is 3.52. The van der Waals surface area contributed by atoms with Crippen LogP contribution in [0.25, 0.3) is 5.69 Å². The number of methoxy groups -OCH3 is 1. The maximum atomic E-state index is 5.23. The van der Waals surface area contributed by atoms with Crippen LogP contribution >= 0.6 is 0 Å². The van der Waals surface area contributed by atoms with Crippen LogP contribution in [0.1, 0.15) is 37.6 Å². The van der Waals surface area contributed by atoms with E-state index < -0.39 is 0 Å². The minimum Gasteiger partial charge on any atom is -0.497 e. The smallest absolute Gasteiger partial charge is 0.191 e. The summed E-state index contributed by atoms with van der Waals surface area (Å²) in [6.07, 6.45) is 2.72. The minimum atomic E-state index is 0.437. The van der Waals surface area contributed by atoms with Crippen LogP contribution in [-0.2, 0) is 6.54 Å². The van der Waals surface area contributed by atoms with E-state index in [1.165, 1.54) is 5.56 Å². The molecule has 1 unspecified atom stereocenters. The van der Waals surface area contributed by atoms with Crippen molar-refractivity contribution in [3.63, 3.8) is 0 Å². The number of aromatic nitrogens is 3. The van der Waals surface area contributed by atoms with E-state index in [1.54, 1.807) is 13.4 Å². The van der Waals surface area contributed by atoms with Crippen molar-refractivity contribution in [3.05, 3.63) is 72.3 Å². The van der Waals surface area contributed by atoms with Crippen LogP contribution in [0.15, 0.2) is 65.9 Å². The number of benzene rings is 2. The fourth-order valence-corrected chi connectivity index (χ4v) is 3.17. The van der Waals surface area contributed by atoms with Crippen LogP contribution in [0.5, 0.6) is 5.75 Å². The third-order valence-electron chi connectivity index (χ3n) is 4.93. The molecule has 0 radical (unpaired) electrons. The van der Waals surface area contributed by atoms with E-state index in [1.807, 2.05) is 47.0 Å². The molecule has 0 fully saturated rings. The Kier molecular flexibility index (Phi) is 7.83. The molecule has 30 heavy (non-hydrogen) atoms. The predicted molar refractivity (Wildman–Crippen MR) is 120 cm³/mol. The first kappa shape index (κ1) is 21.4. The van der Waals surface area contributed by atoms with Crippen LogP contribution in [0.4, 0.5) is 0 Å². The summed E-state index contributed by atoms with van der Waals surface area (Å²) < 4.78 is 7.19. The Morgan fingerprint density at radius 2 is 1.87 bits per heavy atom. The molecule has 0 saturated heterocycles. The zero-order chi connectivity index (χ0) is 21.2. The molecule has 7 heteroatoms. The fraction of sp³-hybridized carbons (Fsp3) is 0.348. The molecule has 0 spiro atoms. The Labute approximate surface area is 178 Å². The molecule has 1 atom stereocenters. The molecule has 0 aliphatic carbocycles. The number of hydrogen-bond acceptors (Lipinski definition) is 4. The zero-order valence-electron chi connectivity index (χ0n) is 17.9. The van der Waals surface area contributed by atoms with E-state index in [9.17, 15) is 0 Å². The number of ether oxygens (including phenoxy) is 1. The van der Waals surface area contributed by atoms with Gasteiger partial charge in [0.15, 0.2) is 11.8 Å². The summed E-state index contributed by atoms with van der Waals surface area (Å²) in [7, 11) is 1.69. The molecule has 0 bridgehead atoms. The number of aliphatic imine (C=N–C) groups is 1. The summed E-state index contributed by atoms with van der Waals surface area (Å²) in [4.78, 5) is 4.69. The molecule has 0 aliphatic rings. The normalized spacial score (nSPS) is 12.4. The number of para-hydroxylation sites is 1. The maximum Gasteiger partial charge on any atom is 0.191 e. The van der Waals surface area contributed by atoms with Crippen molar-refractivity contribution >= 4 is 5.96 Å². The van der Waals surface area contributed by atoms with Crippen molar-refractivity contribution in [1.29, 1.82) is 0 Å². The van der Waals surface area contributed by atoms with Gasteiger partial charge in [-0.3, -0.25) is 4.57 Å². The second kappa shape index (κ2) is 11.0. The molecule has 7 nitrogen and oxygen atoms in total. The van der Waals surface area contributed by atoms with Gasteiger partial charge in [0.05, 0.1) is 7.11 Å². The van der Waals surface area contributed by atoms with E-state index in [2.05, 4.69) is 51.8 Å². The van der Waals surface area contributed by atoms with E-state index >= 15 is 0 Å². The second-order valence-electron chi connectivity index (χ2n) is 7.04. The quantitative estimate of drug-likeness (QED) is 0.420. The summed E-state index contributed by atoms with van der Waals surface area (Å²) in [6.45, 7) is 6.35. The second-order valence-corrected chi connectivity index (χ2v) is 7.04. The maximum absolute atomic E-state index is 5.23. The topological polar surface area (TPSA) is 76.4 Å². The number of hydrogen-bond donors (Lipinski definition) is 2. The Bertz CT molecular complexity index is 920. The SMILES string of the molecule is CCNC(=NCc1nncn1-c1ccccc1)NCCC(C)c1ccc(OC)cc1. The highest BCUT2D eigenvalue weighted by Crippen LogP contribution is 2.21. The van der Waals surface area contributed by atoms with Crippen molar-refractivity contribution in [2.24, 2.45) is 4.99 Å². The van der Waals surface area contributed by atoms with E-state index in [0.717, 1.165) is 42.7 Å². The highest BCUT2D eigenvalue weighted by Gasteiger charge is 2.08. The fourth-order valence-electron chi connectivity index (χ4n) is 3.17. The largest absolute Gasteiger partial charge is 0.497 e. The summed E-state index contributed by atoms with van der Waals surface area (Å²) in [6, 6.07) is 18.3. The van der Waals surface area contributed by atoms with E-state index in [-0.39, 0.29) is 0 Å². The van der Waals surface area contributed by atoms with Gasteiger partial charge in [0.1, 0.15) is 18.6 Å². The standard InChI is InChI=1S/C23H30N6O/c1-4-24-23(25-15-14-18(2)19-10-12-21(30-3)13-11-19)26-16-22-28-27-17-29(22)20-8-6-5-7-9-20/h5-13,17-18H,4,14-16H2,1-3H3,(H2,24,25,26). The van der Waals surface area contributed by atoms with E-state index in [0.29, 0.717) is 12.5 Å². The number of rotatable bonds is 9. The van der Waals surface area contributed by atoms with Crippen molar-refractivity contribution in [2.75, 3.05) is 20.2 Å². The molecule has 0 amide bonds. The van der Waals surface area contributed by atoms with Gasteiger partial charge in [-0.15, -0.1) is 10.2 Å². The molecule has 1 aromatic heterocycles. The molecular formula is C23H30N6O. The minimum absolute atomic E-state index is 0.437. The molecule has 158 valence electrons. The first-order valence-electron chi connectivity index (χ1n) is 10.3. The lowest BCUT2D eigenvalue weighted by Crippen LogP contribution is -2.38. The van der Waals surface area contributed by atoms with Gasteiger partial charge in [0.2, 0.25) is 0 Å². The van der Waals surface area contributed by atoms with Gasteiger partial charge in [-0.25, -0.2) is 4.99 Å². The van der Waals surface area contributed by atoms with Gasteiger partial charge in [0.25, 0.3) is 0 Å². The zero-order valence-corrected chi connectivity index (χ0v) is 17.9. The van der Waals surface area contributed by atoms with Crippen molar-refractivity contribution < 1.29 is 4.74 Å². The van der Waals surface area contributed by atoms with Crippen molar-refractivity contribution in [3.8, 4) is 11.4 Å². The van der Waals surface area contributed by atoms with Crippen LogP contribution < -0.4 is 15.4 Å². The van der Waals surface area contributed by atoms with E-state index in [4.69, 9.17) is 4.74 Å². The Balaban J connectivity index is 1.57. The van der Waals surface area contributed by atoms with Gasteiger partial charge < -0.3 is 15.4 Å². The Hall–Kier alpha value is -3.35. The number of nitrogens with zero attached hydrogens (tertiary/aromatic N) is 4.